The number of rotatable bonds is 4. The Hall–Kier alpha value is -1.88. The van der Waals surface area contributed by atoms with Crippen LogP contribution in [0.25, 0.3) is 0 Å². The van der Waals surface area contributed by atoms with Gasteiger partial charge in [-0.05, 0) is 36.8 Å². The van der Waals surface area contributed by atoms with Gasteiger partial charge in [0.2, 0.25) is 11.8 Å². The molecule has 0 aromatic heterocycles. The molecular formula is C24H34N2O3. The van der Waals surface area contributed by atoms with Gasteiger partial charge >= 0.3 is 0 Å². The quantitative estimate of drug-likeness (QED) is 0.782. The van der Waals surface area contributed by atoms with Crippen LogP contribution >= 0.6 is 0 Å². The Bertz CT molecular complexity index is 705. The molecule has 2 unspecified atom stereocenters. The van der Waals surface area contributed by atoms with Gasteiger partial charge in [0.1, 0.15) is 0 Å². The normalized spacial score (nSPS) is 26.0. The minimum atomic E-state index is -0.108. The summed E-state index contributed by atoms with van der Waals surface area (Å²) in [6.07, 6.45) is 6.18. The lowest BCUT2D eigenvalue weighted by Crippen LogP contribution is -2.52. The van der Waals surface area contributed by atoms with E-state index in [0.29, 0.717) is 32.8 Å². The summed E-state index contributed by atoms with van der Waals surface area (Å²) in [7, 11) is 0. The van der Waals surface area contributed by atoms with Gasteiger partial charge in [-0.1, -0.05) is 44.0 Å². The Labute approximate surface area is 174 Å². The number of amides is 2. The van der Waals surface area contributed by atoms with E-state index in [4.69, 9.17) is 4.74 Å². The second-order valence-electron chi connectivity index (χ2n) is 8.89. The molecule has 1 saturated carbocycles. The summed E-state index contributed by atoms with van der Waals surface area (Å²) >= 11 is 0. The lowest BCUT2D eigenvalue weighted by Gasteiger charge is -2.40. The molecule has 3 aliphatic rings. The molecule has 0 spiro atoms. The van der Waals surface area contributed by atoms with Gasteiger partial charge in [0.25, 0.3) is 0 Å². The van der Waals surface area contributed by atoms with Crippen LogP contribution in [0.1, 0.15) is 56.1 Å². The Kier molecular flexibility index (Phi) is 6.53. The van der Waals surface area contributed by atoms with Gasteiger partial charge in [0, 0.05) is 38.0 Å². The summed E-state index contributed by atoms with van der Waals surface area (Å²) < 4.78 is 5.42. The lowest BCUT2D eigenvalue weighted by molar-refractivity contribution is -0.145. The van der Waals surface area contributed by atoms with Crippen LogP contribution in [0.15, 0.2) is 24.3 Å². The molecule has 2 heterocycles. The predicted octanol–water partition coefficient (Wildman–Crippen LogP) is 3.23. The van der Waals surface area contributed by atoms with Crippen molar-refractivity contribution < 1.29 is 14.3 Å². The number of ether oxygens (including phenoxy) is 1. The molecule has 2 saturated heterocycles. The second-order valence-corrected chi connectivity index (χ2v) is 8.89. The zero-order chi connectivity index (χ0) is 20.2. The van der Waals surface area contributed by atoms with Crippen molar-refractivity contribution in [3.05, 3.63) is 35.4 Å². The third-order valence-corrected chi connectivity index (χ3v) is 7.00. The van der Waals surface area contributed by atoms with Gasteiger partial charge in [-0.15, -0.1) is 0 Å². The number of carbonyl (C=O) groups is 2. The van der Waals surface area contributed by atoms with Crippen molar-refractivity contribution >= 4 is 11.8 Å². The third-order valence-electron chi connectivity index (χ3n) is 7.00. The van der Waals surface area contributed by atoms with Crippen LogP contribution in [0.3, 0.4) is 0 Å². The molecular weight excluding hydrogens is 364 g/mol. The molecule has 1 aliphatic carbocycles. The summed E-state index contributed by atoms with van der Waals surface area (Å²) in [6.45, 7) is 6.05. The molecule has 1 aromatic rings. The minimum Gasteiger partial charge on any atom is -0.378 e. The topological polar surface area (TPSA) is 49.9 Å². The smallest absolute Gasteiger partial charge is 0.227 e. The van der Waals surface area contributed by atoms with Crippen LogP contribution in [0.2, 0.25) is 0 Å². The fourth-order valence-corrected chi connectivity index (χ4v) is 5.20. The number of nitrogens with zero attached hydrogens (tertiary/aromatic N) is 2. The van der Waals surface area contributed by atoms with Gasteiger partial charge in [-0.25, -0.2) is 0 Å². The molecule has 5 heteroatoms. The first kappa shape index (κ1) is 20.4. The Balaban J connectivity index is 1.53. The van der Waals surface area contributed by atoms with E-state index in [9.17, 15) is 9.59 Å². The van der Waals surface area contributed by atoms with E-state index in [-0.39, 0.29) is 29.6 Å². The number of aryl methyl sites for hydroxylation is 1. The van der Waals surface area contributed by atoms with Crippen molar-refractivity contribution in [3.8, 4) is 0 Å². The third kappa shape index (κ3) is 4.66. The van der Waals surface area contributed by atoms with Crippen LogP contribution in [-0.4, -0.2) is 61.0 Å². The van der Waals surface area contributed by atoms with Gasteiger partial charge in [-0.2, -0.15) is 0 Å². The summed E-state index contributed by atoms with van der Waals surface area (Å²) in [6, 6.07) is 8.77. The summed E-state index contributed by atoms with van der Waals surface area (Å²) in [5.41, 5.74) is 2.58. The van der Waals surface area contributed by atoms with Crippen molar-refractivity contribution in [3.63, 3.8) is 0 Å². The predicted molar refractivity (Wildman–Crippen MR) is 113 cm³/mol. The van der Waals surface area contributed by atoms with E-state index in [1.165, 1.54) is 11.1 Å². The van der Waals surface area contributed by atoms with Crippen molar-refractivity contribution in [1.29, 1.82) is 0 Å². The van der Waals surface area contributed by atoms with E-state index in [1.54, 1.807) is 0 Å². The van der Waals surface area contributed by atoms with E-state index < -0.39 is 0 Å². The molecule has 4 rings (SSSR count). The number of benzene rings is 1. The van der Waals surface area contributed by atoms with Gasteiger partial charge < -0.3 is 14.5 Å². The summed E-state index contributed by atoms with van der Waals surface area (Å²) in [5, 5.41) is 0. The number of hydrogen-bond acceptors (Lipinski definition) is 3. The monoisotopic (exact) mass is 398 g/mol. The van der Waals surface area contributed by atoms with Crippen molar-refractivity contribution in [2.75, 3.05) is 39.4 Å². The molecule has 0 radical (unpaired) electrons. The highest BCUT2D eigenvalue weighted by atomic mass is 16.5. The van der Waals surface area contributed by atoms with Crippen molar-refractivity contribution in [2.45, 2.75) is 51.4 Å². The first-order valence-electron chi connectivity index (χ1n) is 11.4. The SMILES string of the molecule is CCc1ccc(C2CC(C(=O)N3CCOCC3)CN(C(=O)C3CCCC3)C2)cc1. The van der Waals surface area contributed by atoms with E-state index in [1.807, 2.05) is 9.80 Å². The first-order chi connectivity index (χ1) is 14.2. The van der Waals surface area contributed by atoms with E-state index in [0.717, 1.165) is 45.1 Å². The Morgan fingerprint density at radius 3 is 2.24 bits per heavy atom. The molecule has 5 nitrogen and oxygen atoms in total. The van der Waals surface area contributed by atoms with E-state index in [2.05, 4.69) is 31.2 Å². The van der Waals surface area contributed by atoms with Crippen LogP contribution < -0.4 is 0 Å². The molecule has 2 amide bonds. The molecule has 158 valence electrons. The molecule has 2 atom stereocenters. The second kappa shape index (κ2) is 9.29. The molecule has 0 bridgehead atoms. The molecule has 1 aromatic carbocycles. The highest BCUT2D eigenvalue weighted by Gasteiger charge is 2.38. The number of carbonyl (C=O) groups excluding carboxylic acids is 2. The highest BCUT2D eigenvalue weighted by molar-refractivity contribution is 5.83. The zero-order valence-electron chi connectivity index (χ0n) is 17.6. The lowest BCUT2D eigenvalue weighted by atomic mass is 9.83. The van der Waals surface area contributed by atoms with Crippen molar-refractivity contribution in [1.82, 2.24) is 9.80 Å². The van der Waals surface area contributed by atoms with Gasteiger partial charge in [0.15, 0.2) is 0 Å². The van der Waals surface area contributed by atoms with Gasteiger partial charge in [-0.3, -0.25) is 9.59 Å². The average Bonchev–Trinajstić information content (AvgIpc) is 3.33. The van der Waals surface area contributed by atoms with Crippen molar-refractivity contribution in [2.24, 2.45) is 11.8 Å². The molecule has 2 aliphatic heterocycles. The molecule has 3 fully saturated rings. The zero-order valence-corrected chi connectivity index (χ0v) is 17.6. The van der Waals surface area contributed by atoms with E-state index >= 15 is 0 Å². The Morgan fingerprint density at radius 1 is 0.931 bits per heavy atom. The number of hydrogen-bond donors (Lipinski definition) is 0. The number of morpholine rings is 1. The number of likely N-dealkylation sites (tertiary alicyclic amines) is 1. The average molecular weight is 399 g/mol. The van der Waals surface area contributed by atoms with Crippen LogP contribution in [0.5, 0.6) is 0 Å². The minimum absolute atomic E-state index is 0.108. The largest absolute Gasteiger partial charge is 0.378 e. The first-order valence-corrected chi connectivity index (χ1v) is 11.4. The maximum Gasteiger partial charge on any atom is 0.227 e. The molecule has 29 heavy (non-hydrogen) atoms. The fourth-order valence-electron chi connectivity index (χ4n) is 5.20. The molecule has 0 N–H and O–H groups in total. The van der Waals surface area contributed by atoms with Crippen LogP contribution in [0, 0.1) is 11.8 Å². The Morgan fingerprint density at radius 2 is 1.59 bits per heavy atom. The summed E-state index contributed by atoms with van der Waals surface area (Å²) in [5.74, 6) is 0.762. The summed E-state index contributed by atoms with van der Waals surface area (Å²) in [4.78, 5) is 30.4. The maximum atomic E-state index is 13.3. The van der Waals surface area contributed by atoms with Crippen LogP contribution in [-0.2, 0) is 20.7 Å². The number of piperidine rings is 1. The maximum absolute atomic E-state index is 13.3. The highest BCUT2D eigenvalue weighted by Crippen LogP contribution is 2.34. The fraction of sp³-hybridized carbons (Fsp3) is 0.667. The van der Waals surface area contributed by atoms with Crippen LogP contribution in [0.4, 0.5) is 0 Å². The van der Waals surface area contributed by atoms with Gasteiger partial charge in [0.05, 0.1) is 19.1 Å². The standard InChI is InChI=1S/C24H34N2O3/c1-2-18-7-9-19(10-8-18)21-15-22(24(28)25-11-13-29-14-12-25)17-26(16-21)23(27)20-5-3-4-6-20/h7-10,20-22H,2-6,11-17H2,1H3.